The highest BCUT2D eigenvalue weighted by Crippen LogP contribution is 2.29. The molecule has 0 fully saturated rings. The van der Waals surface area contributed by atoms with Gasteiger partial charge in [-0.05, 0) is 58.6 Å². The van der Waals surface area contributed by atoms with Crippen LogP contribution in [0.4, 0.5) is 0 Å². The topological polar surface area (TPSA) is 24.5 Å². The van der Waals surface area contributed by atoms with E-state index in [2.05, 4.69) is 49.4 Å². The standard InChI is InChI=1S/C16H26N2O/c1-13-6-7-16-14(10-13)11-15(19-16)12-17-8-4-5-9-18(2)3/h6-7,10,15,17H,4-5,8-9,11-12H2,1-3H3. The van der Waals surface area contributed by atoms with Gasteiger partial charge in [-0.2, -0.15) is 0 Å². The molecule has 19 heavy (non-hydrogen) atoms. The number of aryl methyl sites for hydroxylation is 1. The van der Waals surface area contributed by atoms with E-state index in [0.717, 1.165) is 25.3 Å². The lowest BCUT2D eigenvalue weighted by Gasteiger charge is -2.12. The molecule has 1 aromatic rings. The van der Waals surface area contributed by atoms with E-state index in [-0.39, 0.29) is 0 Å². The van der Waals surface area contributed by atoms with Crippen molar-refractivity contribution >= 4 is 0 Å². The molecule has 1 aliphatic rings. The molecule has 0 spiro atoms. The Hall–Kier alpha value is -1.06. The van der Waals surface area contributed by atoms with Crippen molar-refractivity contribution in [3.8, 4) is 5.75 Å². The fraction of sp³-hybridized carbons (Fsp3) is 0.625. The molecular formula is C16H26N2O. The first-order chi connectivity index (χ1) is 9.15. The van der Waals surface area contributed by atoms with Crippen LogP contribution in [0.1, 0.15) is 24.0 Å². The summed E-state index contributed by atoms with van der Waals surface area (Å²) in [4.78, 5) is 2.24. The maximum Gasteiger partial charge on any atom is 0.123 e. The first-order valence-corrected chi connectivity index (χ1v) is 7.27. The maximum absolute atomic E-state index is 5.94. The van der Waals surface area contributed by atoms with Crippen LogP contribution in [0.5, 0.6) is 5.75 Å². The summed E-state index contributed by atoms with van der Waals surface area (Å²) in [6, 6.07) is 6.46. The van der Waals surface area contributed by atoms with Gasteiger partial charge in [-0.3, -0.25) is 0 Å². The minimum atomic E-state index is 0.311. The molecule has 1 heterocycles. The number of hydrogen-bond acceptors (Lipinski definition) is 3. The SMILES string of the molecule is Cc1ccc2c(c1)CC(CNCCCCN(C)C)O2. The Labute approximate surface area is 116 Å². The number of unbranched alkanes of at least 4 members (excludes halogenated alkanes) is 1. The second kappa shape index (κ2) is 6.92. The van der Waals surface area contributed by atoms with E-state index in [9.17, 15) is 0 Å². The molecule has 3 heteroatoms. The molecule has 1 aromatic carbocycles. The fourth-order valence-corrected chi connectivity index (χ4v) is 2.50. The van der Waals surface area contributed by atoms with Crippen LogP contribution in [-0.2, 0) is 6.42 Å². The summed E-state index contributed by atoms with van der Waals surface area (Å²) in [5.41, 5.74) is 2.68. The summed E-state index contributed by atoms with van der Waals surface area (Å²) < 4.78 is 5.94. The van der Waals surface area contributed by atoms with Crippen LogP contribution in [0.15, 0.2) is 18.2 Å². The van der Waals surface area contributed by atoms with Crippen molar-refractivity contribution in [2.24, 2.45) is 0 Å². The maximum atomic E-state index is 5.94. The third kappa shape index (κ3) is 4.51. The normalized spacial score (nSPS) is 17.6. The predicted molar refractivity (Wildman–Crippen MR) is 80.0 cm³/mol. The molecule has 1 aliphatic heterocycles. The molecule has 3 nitrogen and oxygen atoms in total. The van der Waals surface area contributed by atoms with E-state index in [1.54, 1.807) is 0 Å². The molecule has 2 rings (SSSR count). The summed E-state index contributed by atoms with van der Waals surface area (Å²) in [6.45, 7) is 5.35. The zero-order chi connectivity index (χ0) is 13.7. The van der Waals surface area contributed by atoms with E-state index in [1.165, 1.54) is 30.5 Å². The van der Waals surface area contributed by atoms with Crippen LogP contribution < -0.4 is 10.1 Å². The Kier molecular flexibility index (Phi) is 5.23. The summed E-state index contributed by atoms with van der Waals surface area (Å²) in [6.07, 6.45) is 3.84. The van der Waals surface area contributed by atoms with E-state index in [4.69, 9.17) is 4.74 Å². The monoisotopic (exact) mass is 262 g/mol. The van der Waals surface area contributed by atoms with Crippen molar-refractivity contribution in [1.29, 1.82) is 0 Å². The highest BCUT2D eigenvalue weighted by Gasteiger charge is 2.21. The van der Waals surface area contributed by atoms with Crippen molar-refractivity contribution in [3.05, 3.63) is 29.3 Å². The molecule has 0 amide bonds. The van der Waals surface area contributed by atoms with Crippen molar-refractivity contribution in [2.45, 2.75) is 32.3 Å². The van der Waals surface area contributed by atoms with Crippen LogP contribution in [-0.4, -0.2) is 44.7 Å². The van der Waals surface area contributed by atoms with E-state index < -0.39 is 0 Å². The fourth-order valence-electron chi connectivity index (χ4n) is 2.50. The minimum Gasteiger partial charge on any atom is -0.488 e. The average molecular weight is 262 g/mol. The second-order valence-electron chi connectivity index (χ2n) is 5.77. The molecule has 0 saturated heterocycles. The Morgan fingerprint density at radius 3 is 2.95 bits per heavy atom. The third-order valence-electron chi connectivity index (χ3n) is 3.54. The highest BCUT2D eigenvalue weighted by atomic mass is 16.5. The van der Waals surface area contributed by atoms with E-state index in [1.807, 2.05) is 0 Å². The number of nitrogens with zero attached hydrogens (tertiary/aromatic N) is 1. The summed E-state index contributed by atoms with van der Waals surface area (Å²) >= 11 is 0. The van der Waals surface area contributed by atoms with Gasteiger partial charge in [-0.15, -0.1) is 0 Å². The Morgan fingerprint density at radius 2 is 2.16 bits per heavy atom. The molecule has 1 unspecified atom stereocenters. The molecular weight excluding hydrogens is 236 g/mol. The Bertz CT molecular complexity index is 404. The van der Waals surface area contributed by atoms with Crippen LogP contribution >= 0.6 is 0 Å². The Morgan fingerprint density at radius 1 is 1.32 bits per heavy atom. The van der Waals surface area contributed by atoms with Gasteiger partial charge in [0.2, 0.25) is 0 Å². The summed E-state index contributed by atoms with van der Waals surface area (Å²) in [7, 11) is 4.25. The lowest BCUT2D eigenvalue weighted by molar-refractivity contribution is 0.227. The van der Waals surface area contributed by atoms with Gasteiger partial charge in [0.25, 0.3) is 0 Å². The van der Waals surface area contributed by atoms with Gasteiger partial charge in [-0.25, -0.2) is 0 Å². The second-order valence-corrected chi connectivity index (χ2v) is 5.77. The van der Waals surface area contributed by atoms with Gasteiger partial charge in [0, 0.05) is 13.0 Å². The number of rotatable bonds is 7. The molecule has 0 aliphatic carbocycles. The minimum absolute atomic E-state index is 0.311. The number of nitrogens with one attached hydrogen (secondary N) is 1. The predicted octanol–water partition coefficient (Wildman–Crippen LogP) is 2.23. The van der Waals surface area contributed by atoms with Crippen LogP contribution in [0, 0.1) is 6.92 Å². The zero-order valence-electron chi connectivity index (χ0n) is 12.4. The van der Waals surface area contributed by atoms with Gasteiger partial charge in [0.1, 0.15) is 11.9 Å². The lowest BCUT2D eigenvalue weighted by Crippen LogP contribution is -2.31. The first kappa shape index (κ1) is 14.4. The molecule has 0 bridgehead atoms. The van der Waals surface area contributed by atoms with Gasteiger partial charge < -0.3 is 15.0 Å². The lowest BCUT2D eigenvalue weighted by atomic mass is 10.1. The smallest absolute Gasteiger partial charge is 0.123 e. The van der Waals surface area contributed by atoms with E-state index in [0.29, 0.717) is 6.10 Å². The molecule has 0 saturated carbocycles. The van der Waals surface area contributed by atoms with Crippen LogP contribution in [0.3, 0.4) is 0 Å². The molecule has 0 radical (unpaired) electrons. The Balaban J connectivity index is 1.62. The molecule has 0 aromatic heterocycles. The summed E-state index contributed by atoms with van der Waals surface area (Å²) in [5, 5.41) is 3.51. The summed E-state index contributed by atoms with van der Waals surface area (Å²) in [5.74, 6) is 1.07. The van der Waals surface area contributed by atoms with E-state index >= 15 is 0 Å². The van der Waals surface area contributed by atoms with Gasteiger partial charge >= 0.3 is 0 Å². The molecule has 1 atom stereocenters. The number of fused-ring (bicyclic) bond motifs is 1. The van der Waals surface area contributed by atoms with Crippen molar-refractivity contribution < 1.29 is 4.74 Å². The molecule has 106 valence electrons. The largest absolute Gasteiger partial charge is 0.488 e. The van der Waals surface area contributed by atoms with Crippen LogP contribution in [0.2, 0.25) is 0 Å². The third-order valence-corrected chi connectivity index (χ3v) is 3.54. The first-order valence-electron chi connectivity index (χ1n) is 7.27. The van der Waals surface area contributed by atoms with Gasteiger partial charge in [0.05, 0.1) is 0 Å². The number of hydrogen-bond donors (Lipinski definition) is 1. The number of benzene rings is 1. The quantitative estimate of drug-likeness (QED) is 0.763. The van der Waals surface area contributed by atoms with Crippen molar-refractivity contribution in [1.82, 2.24) is 10.2 Å². The highest BCUT2D eigenvalue weighted by molar-refractivity contribution is 5.40. The average Bonchev–Trinajstić information content (AvgIpc) is 2.75. The van der Waals surface area contributed by atoms with Crippen molar-refractivity contribution in [3.63, 3.8) is 0 Å². The van der Waals surface area contributed by atoms with Crippen LogP contribution in [0.25, 0.3) is 0 Å². The van der Waals surface area contributed by atoms with Gasteiger partial charge in [-0.1, -0.05) is 17.7 Å². The number of ether oxygens (including phenoxy) is 1. The van der Waals surface area contributed by atoms with Gasteiger partial charge in [0.15, 0.2) is 0 Å². The zero-order valence-corrected chi connectivity index (χ0v) is 12.4. The molecule has 1 N–H and O–H groups in total. The van der Waals surface area contributed by atoms with Crippen molar-refractivity contribution in [2.75, 3.05) is 33.7 Å².